The highest BCUT2D eigenvalue weighted by Gasteiger charge is 2.33. The summed E-state index contributed by atoms with van der Waals surface area (Å²) in [5, 5.41) is 29.2. The molecule has 3 aromatic rings. The van der Waals surface area contributed by atoms with Gasteiger partial charge in [-0.05, 0) is 23.8 Å². The van der Waals surface area contributed by atoms with E-state index >= 15 is 0 Å². The molecule has 0 bridgehead atoms. The summed E-state index contributed by atoms with van der Waals surface area (Å²) in [6.45, 7) is 3.74. The topological polar surface area (TPSA) is 110 Å². The second-order valence-corrected chi connectivity index (χ2v) is 8.26. The quantitative estimate of drug-likeness (QED) is 0.547. The van der Waals surface area contributed by atoms with Crippen molar-refractivity contribution in [1.29, 1.82) is 5.26 Å². The van der Waals surface area contributed by atoms with Crippen molar-refractivity contribution in [1.82, 2.24) is 14.4 Å². The normalized spacial score (nSPS) is 15.8. The van der Waals surface area contributed by atoms with E-state index in [0.717, 1.165) is 11.1 Å². The van der Waals surface area contributed by atoms with E-state index in [1.54, 1.807) is 18.2 Å². The van der Waals surface area contributed by atoms with Gasteiger partial charge in [0.2, 0.25) is 0 Å². The fourth-order valence-corrected chi connectivity index (χ4v) is 4.53. The van der Waals surface area contributed by atoms with Crippen molar-refractivity contribution in [2.75, 3.05) is 32.7 Å². The molecule has 8 heteroatoms. The molecule has 1 saturated heterocycles. The summed E-state index contributed by atoms with van der Waals surface area (Å²) in [6.07, 6.45) is 2.30. The molecule has 0 unspecified atom stereocenters. The maximum Gasteiger partial charge on any atom is 0.335 e. The summed E-state index contributed by atoms with van der Waals surface area (Å²) in [7, 11) is 0. The molecule has 2 heterocycles. The smallest absolute Gasteiger partial charge is 0.335 e. The average molecular weight is 447 g/mol. The molecule has 4 rings (SSSR count). The van der Waals surface area contributed by atoms with Gasteiger partial charge in [-0.1, -0.05) is 30.3 Å². The first kappa shape index (κ1) is 22.5. The van der Waals surface area contributed by atoms with Gasteiger partial charge in [0.1, 0.15) is 6.04 Å². The number of rotatable bonds is 8. The number of nitrogens with zero attached hydrogens (tertiary/aromatic N) is 4. The van der Waals surface area contributed by atoms with E-state index in [1.165, 1.54) is 0 Å². The van der Waals surface area contributed by atoms with Crippen LogP contribution < -0.4 is 0 Å². The highest BCUT2D eigenvalue weighted by molar-refractivity contribution is 5.96. The first-order valence-corrected chi connectivity index (χ1v) is 10.9. The molecule has 1 aliphatic rings. The molecule has 33 heavy (non-hydrogen) atoms. The molecule has 1 fully saturated rings. The molecular formula is C25H26N4O4. The van der Waals surface area contributed by atoms with Gasteiger partial charge in [0.15, 0.2) is 0 Å². The third-order valence-corrected chi connectivity index (χ3v) is 6.19. The summed E-state index contributed by atoms with van der Waals surface area (Å²) in [6, 6.07) is 16.0. The van der Waals surface area contributed by atoms with Gasteiger partial charge in [-0.3, -0.25) is 14.6 Å². The number of carbonyl (C=O) groups is 2. The standard InChI is InChI=1S/C25H26N4O4/c26-9-4-10-27-11-13-28(14-12-27)23(25(32)33)21-17-29(16-18-5-2-1-3-6-18)22-8-7-19(24(30)31)15-20(21)22/h1-3,5-8,15,17,23H,4,10-14,16H2,(H,30,31)(H,32,33)/t23-/m1/s1. The number of benzene rings is 2. The van der Waals surface area contributed by atoms with Crippen LogP contribution in [0.25, 0.3) is 10.9 Å². The fraction of sp³-hybridized carbons (Fsp3) is 0.320. The fourth-order valence-electron chi connectivity index (χ4n) is 4.53. The minimum atomic E-state index is -1.04. The summed E-state index contributed by atoms with van der Waals surface area (Å²) in [5.74, 6) is -2.00. The minimum absolute atomic E-state index is 0.131. The van der Waals surface area contributed by atoms with Crippen LogP contribution >= 0.6 is 0 Å². The van der Waals surface area contributed by atoms with E-state index in [1.807, 2.05) is 46.0 Å². The molecule has 0 spiro atoms. The zero-order chi connectivity index (χ0) is 23.4. The van der Waals surface area contributed by atoms with Gasteiger partial charge in [-0.25, -0.2) is 4.79 Å². The second-order valence-electron chi connectivity index (χ2n) is 8.26. The monoisotopic (exact) mass is 446 g/mol. The van der Waals surface area contributed by atoms with Crippen LogP contribution in [0.4, 0.5) is 0 Å². The van der Waals surface area contributed by atoms with Gasteiger partial charge in [0, 0.05) is 68.4 Å². The van der Waals surface area contributed by atoms with E-state index in [9.17, 15) is 19.8 Å². The summed E-state index contributed by atoms with van der Waals surface area (Å²) in [4.78, 5) is 28.2. The second kappa shape index (κ2) is 9.86. The van der Waals surface area contributed by atoms with Crippen molar-refractivity contribution in [2.24, 2.45) is 0 Å². The Hall–Kier alpha value is -3.67. The molecular weight excluding hydrogens is 420 g/mol. The number of piperazine rings is 1. The van der Waals surface area contributed by atoms with Crippen molar-refractivity contribution >= 4 is 22.8 Å². The molecule has 2 N–H and O–H groups in total. The minimum Gasteiger partial charge on any atom is -0.480 e. The third kappa shape index (κ3) is 4.90. The lowest BCUT2D eigenvalue weighted by molar-refractivity contribution is -0.144. The Morgan fingerprint density at radius 1 is 1.03 bits per heavy atom. The van der Waals surface area contributed by atoms with E-state index in [-0.39, 0.29) is 5.56 Å². The van der Waals surface area contributed by atoms with Crippen molar-refractivity contribution in [3.63, 3.8) is 0 Å². The van der Waals surface area contributed by atoms with Crippen LogP contribution in [0.15, 0.2) is 54.7 Å². The number of carboxylic acids is 2. The predicted molar refractivity (Wildman–Crippen MR) is 123 cm³/mol. The summed E-state index contributed by atoms with van der Waals surface area (Å²) in [5.41, 5.74) is 2.60. The van der Waals surface area contributed by atoms with Crippen LogP contribution in [0.2, 0.25) is 0 Å². The Balaban J connectivity index is 1.72. The third-order valence-electron chi connectivity index (χ3n) is 6.19. The number of fused-ring (bicyclic) bond motifs is 1. The molecule has 170 valence electrons. The first-order chi connectivity index (χ1) is 16.0. The van der Waals surface area contributed by atoms with E-state index in [4.69, 9.17) is 5.26 Å². The van der Waals surface area contributed by atoms with Crippen LogP contribution in [0, 0.1) is 11.3 Å². The molecule has 8 nitrogen and oxygen atoms in total. The van der Waals surface area contributed by atoms with Gasteiger partial charge in [0.05, 0.1) is 11.6 Å². The number of aromatic nitrogens is 1. The summed E-state index contributed by atoms with van der Waals surface area (Å²) >= 11 is 0. The lowest BCUT2D eigenvalue weighted by Gasteiger charge is -2.37. The average Bonchev–Trinajstić information content (AvgIpc) is 3.16. The molecule has 0 radical (unpaired) electrons. The van der Waals surface area contributed by atoms with Crippen LogP contribution in [0.3, 0.4) is 0 Å². The van der Waals surface area contributed by atoms with E-state index < -0.39 is 18.0 Å². The molecule has 1 aliphatic heterocycles. The largest absolute Gasteiger partial charge is 0.480 e. The number of hydrogen-bond donors (Lipinski definition) is 2. The van der Waals surface area contributed by atoms with Crippen molar-refractivity contribution in [3.8, 4) is 6.07 Å². The Bertz CT molecular complexity index is 1190. The van der Waals surface area contributed by atoms with Crippen molar-refractivity contribution in [3.05, 3.63) is 71.4 Å². The predicted octanol–water partition coefficient (Wildman–Crippen LogP) is 3.04. The van der Waals surface area contributed by atoms with Crippen LogP contribution in [0.1, 0.15) is 33.9 Å². The first-order valence-electron chi connectivity index (χ1n) is 10.9. The highest BCUT2D eigenvalue weighted by Crippen LogP contribution is 2.32. The maximum atomic E-state index is 12.5. The molecule has 1 aromatic heterocycles. The van der Waals surface area contributed by atoms with Crippen LogP contribution in [0.5, 0.6) is 0 Å². The van der Waals surface area contributed by atoms with E-state index in [0.29, 0.717) is 56.6 Å². The lowest BCUT2D eigenvalue weighted by Crippen LogP contribution is -2.49. The van der Waals surface area contributed by atoms with Gasteiger partial charge in [-0.2, -0.15) is 5.26 Å². The van der Waals surface area contributed by atoms with Crippen LogP contribution in [-0.2, 0) is 11.3 Å². The Morgan fingerprint density at radius 3 is 2.39 bits per heavy atom. The molecule has 0 amide bonds. The summed E-state index contributed by atoms with van der Waals surface area (Å²) < 4.78 is 1.99. The zero-order valence-electron chi connectivity index (χ0n) is 18.2. The highest BCUT2D eigenvalue weighted by atomic mass is 16.4. The SMILES string of the molecule is N#CCCN1CCN([C@@H](C(=O)O)c2cn(Cc3ccccc3)c3ccc(C(=O)O)cc23)CC1. The number of aliphatic carboxylic acids is 1. The maximum absolute atomic E-state index is 12.5. The van der Waals surface area contributed by atoms with Crippen molar-refractivity contribution < 1.29 is 19.8 Å². The Morgan fingerprint density at radius 2 is 1.76 bits per heavy atom. The Kier molecular flexibility index (Phi) is 6.73. The van der Waals surface area contributed by atoms with Gasteiger partial charge in [0.25, 0.3) is 0 Å². The molecule has 0 saturated carbocycles. The molecule has 1 atom stereocenters. The van der Waals surface area contributed by atoms with E-state index in [2.05, 4.69) is 11.0 Å². The van der Waals surface area contributed by atoms with Gasteiger partial charge in [-0.15, -0.1) is 0 Å². The Labute approximate surface area is 191 Å². The lowest BCUT2D eigenvalue weighted by atomic mass is 10.0. The molecule has 0 aliphatic carbocycles. The number of aromatic carboxylic acids is 1. The zero-order valence-corrected chi connectivity index (χ0v) is 18.2. The van der Waals surface area contributed by atoms with Crippen molar-refractivity contribution in [2.45, 2.75) is 19.0 Å². The van der Waals surface area contributed by atoms with Crippen LogP contribution in [-0.4, -0.2) is 69.2 Å². The molecule has 2 aromatic carbocycles. The van der Waals surface area contributed by atoms with Gasteiger partial charge < -0.3 is 14.8 Å². The number of hydrogen-bond acceptors (Lipinski definition) is 5. The number of carboxylic acid groups (broad SMARTS) is 2. The number of nitriles is 1. The van der Waals surface area contributed by atoms with Gasteiger partial charge >= 0.3 is 11.9 Å².